The second-order valence-corrected chi connectivity index (χ2v) is 6.58. The molecule has 2 unspecified atom stereocenters. The predicted octanol–water partition coefficient (Wildman–Crippen LogP) is 5.04. The van der Waals surface area contributed by atoms with Crippen LogP contribution < -0.4 is 5.32 Å². The number of nitrogens with zero attached hydrogens (tertiary/aromatic N) is 1. The first kappa shape index (κ1) is 21.9. The Hall–Kier alpha value is -2.13. The molecule has 142 valence electrons. The fourth-order valence-corrected chi connectivity index (χ4v) is 3.21. The van der Waals surface area contributed by atoms with Gasteiger partial charge >= 0.3 is 0 Å². The van der Waals surface area contributed by atoms with Crippen molar-refractivity contribution in [1.82, 2.24) is 10.2 Å². The first-order chi connectivity index (χ1) is 12.6. The van der Waals surface area contributed by atoms with Crippen molar-refractivity contribution in [3.8, 4) is 0 Å². The second-order valence-electron chi connectivity index (χ2n) is 6.58. The van der Waals surface area contributed by atoms with E-state index in [-0.39, 0.29) is 11.9 Å². The smallest absolute Gasteiger partial charge is 0.234 e. The average molecular weight is 355 g/mol. The molecule has 3 heteroatoms. The van der Waals surface area contributed by atoms with E-state index < -0.39 is 0 Å². The van der Waals surface area contributed by atoms with Crippen molar-refractivity contribution < 1.29 is 4.79 Å². The molecule has 0 spiro atoms. The Labute approximate surface area is 159 Å². The van der Waals surface area contributed by atoms with Crippen LogP contribution in [-0.4, -0.2) is 30.4 Å². The van der Waals surface area contributed by atoms with Crippen LogP contribution in [0.1, 0.15) is 51.6 Å². The van der Waals surface area contributed by atoms with Gasteiger partial charge in [0.05, 0.1) is 12.6 Å². The summed E-state index contributed by atoms with van der Waals surface area (Å²) in [6.07, 6.45) is 11.0. The van der Waals surface area contributed by atoms with E-state index in [0.29, 0.717) is 12.6 Å². The summed E-state index contributed by atoms with van der Waals surface area (Å²) >= 11 is 0. The third-order valence-electron chi connectivity index (χ3n) is 4.55. The van der Waals surface area contributed by atoms with E-state index in [0.717, 1.165) is 30.4 Å². The maximum atomic E-state index is 12.7. The minimum Gasteiger partial charge on any atom is -0.344 e. The van der Waals surface area contributed by atoms with E-state index in [9.17, 15) is 4.79 Å². The zero-order chi connectivity index (χ0) is 19.4. The van der Waals surface area contributed by atoms with Crippen molar-refractivity contribution in [3.05, 3.63) is 72.4 Å². The predicted molar refractivity (Wildman–Crippen MR) is 112 cm³/mol. The number of benzene rings is 1. The lowest BCUT2D eigenvalue weighted by Crippen LogP contribution is -2.41. The first-order valence-corrected chi connectivity index (χ1v) is 9.57. The molecule has 0 aliphatic rings. The van der Waals surface area contributed by atoms with Gasteiger partial charge in [-0.1, -0.05) is 81.5 Å². The number of likely N-dealkylation sites (N-methyl/N-ethyl adjacent to an activating group) is 1. The van der Waals surface area contributed by atoms with Crippen molar-refractivity contribution >= 4 is 5.91 Å². The maximum absolute atomic E-state index is 12.7. The highest BCUT2D eigenvalue weighted by Crippen LogP contribution is 2.23. The molecule has 1 aromatic carbocycles. The fraction of sp³-hybridized carbons (Fsp3) is 0.435. The van der Waals surface area contributed by atoms with Crippen LogP contribution in [0.2, 0.25) is 0 Å². The first-order valence-electron chi connectivity index (χ1n) is 9.57. The molecule has 1 N–H and O–H groups in total. The molecule has 0 saturated heterocycles. The van der Waals surface area contributed by atoms with Gasteiger partial charge in [-0.25, -0.2) is 0 Å². The van der Waals surface area contributed by atoms with Gasteiger partial charge in [0.15, 0.2) is 0 Å². The maximum Gasteiger partial charge on any atom is 0.234 e. The highest BCUT2D eigenvalue weighted by atomic mass is 16.2. The van der Waals surface area contributed by atoms with Gasteiger partial charge < -0.3 is 5.32 Å². The van der Waals surface area contributed by atoms with Crippen LogP contribution in [0.5, 0.6) is 0 Å². The lowest BCUT2D eigenvalue weighted by atomic mass is 9.97. The van der Waals surface area contributed by atoms with Crippen molar-refractivity contribution in [1.29, 1.82) is 0 Å². The molecule has 0 aliphatic carbocycles. The summed E-state index contributed by atoms with van der Waals surface area (Å²) in [5, 5.41) is 3.21. The van der Waals surface area contributed by atoms with Gasteiger partial charge in [0.1, 0.15) is 0 Å². The largest absolute Gasteiger partial charge is 0.344 e. The Kier molecular flexibility index (Phi) is 10.3. The van der Waals surface area contributed by atoms with E-state index in [1.165, 1.54) is 0 Å². The van der Waals surface area contributed by atoms with Crippen LogP contribution in [0.4, 0.5) is 0 Å². The Bertz CT molecular complexity index is 604. The third kappa shape index (κ3) is 7.01. The Morgan fingerprint density at radius 1 is 1.27 bits per heavy atom. The highest BCUT2D eigenvalue weighted by Gasteiger charge is 2.20. The molecule has 1 aromatic rings. The van der Waals surface area contributed by atoms with Gasteiger partial charge in [-0.2, -0.15) is 0 Å². The van der Waals surface area contributed by atoms with E-state index in [4.69, 9.17) is 0 Å². The lowest BCUT2D eigenvalue weighted by Gasteiger charge is -2.28. The molecule has 0 fully saturated rings. The molecular formula is C23H34N2O. The number of rotatable bonds is 11. The van der Waals surface area contributed by atoms with E-state index in [1.54, 1.807) is 6.08 Å². The number of hydrogen-bond acceptors (Lipinski definition) is 2. The number of nitrogens with one attached hydrogen (secondary N) is 1. The summed E-state index contributed by atoms with van der Waals surface area (Å²) in [6, 6.07) is 10.3. The van der Waals surface area contributed by atoms with Gasteiger partial charge in [-0.15, -0.1) is 0 Å². The molecule has 0 aliphatic heterocycles. The van der Waals surface area contributed by atoms with Gasteiger partial charge in [0.25, 0.3) is 0 Å². The summed E-state index contributed by atoms with van der Waals surface area (Å²) in [6.45, 7) is 10.6. The van der Waals surface area contributed by atoms with Gasteiger partial charge in [-0.05, 0) is 37.9 Å². The SMILES string of the molecule is C=C/C=C(\C=C/C)C(NC(=O)CN(C)C(CC)CCC)c1ccccc1. The second kappa shape index (κ2) is 12.3. The lowest BCUT2D eigenvalue weighted by molar-refractivity contribution is -0.123. The van der Waals surface area contributed by atoms with Gasteiger partial charge in [0.2, 0.25) is 5.91 Å². The summed E-state index contributed by atoms with van der Waals surface area (Å²) < 4.78 is 0. The van der Waals surface area contributed by atoms with Crippen molar-refractivity contribution in [3.63, 3.8) is 0 Å². The normalized spacial score (nSPS) is 14.4. The quantitative estimate of drug-likeness (QED) is 0.564. The van der Waals surface area contributed by atoms with Crippen molar-refractivity contribution in [2.45, 2.75) is 52.1 Å². The average Bonchev–Trinajstić information content (AvgIpc) is 2.64. The molecule has 0 saturated carbocycles. The minimum absolute atomic E-state index is 0.0374. The molecule has 1 amide bonds. The van der Waals surface area contributed by atoms with E-state index in [1.807, 2.05) is 62.5 Å². The number of carbonyl (C=O) groups excluding carboxylic acids is 1. The van der Waals surface area contributed by atoms with Crippen molar-refractivity contribution in [2.24, 2.45) is 0 Å². The van der Waals surface area contributed by atoms with Crippen LogP contribution in [0.15, 0.2) is 66.8 Å². The Morgan fingerprint density at radius 3 is 2.50 bits per heavy atom. The molecular weight excluding hydrogens is 320 g/mol. The monoisotopic (exact) mass is 354 g/mol. The van der Waals surface area contributed by atoms with Gasteiger partial charge in [-0.3, -0.25) is 9.69 Å². The third-order valence-corrected chi connectivity index (χ3v) is 4.55. The Morgan fingerprint density at radius 2 is 1.96 bits per heavy atom. The van der Waals surface area contributed by atoms with Crippen LogP contribution in [0.25, 0.3) is 0 Å². The number of amides is 1. The number of carbonyl (C=O) groups is 1. The van der Waals surface area contributed by atoms with Crippen LogP contribution in [0.3, 0.4) is 0 Å². The topological polar surface area (TPSA) is 32.3 Å². The molecule has 1 rings (SSSR count). The highest BCUT2D eigenvalue weighted by molar-refractivity contribution is 5.79. The molecule has 0 bridgehead atoms. The fourth-order valence-electron chi connectivity index (χ4n) is 3.21. The van der Waals surface area contributed by atoms with Crippen LogP contribution >= 0.6 is 0 Å². The standard InChI is InChI=1S/C23H34N2O/c1-6-13-19(14-7-2)23(20-16-11-10-12-17-20)24-22(26)18-25(5)21(9-4)15-8-3/h6-7,10-14,16-17,21,23H,1,8-9,15,18H2,2-5H3,(H,24,26)/b14-7-,19-13+. The molecule has 2 atom stereocenters. The van der Waals surface area contributed by atoms with Gasteiger partial charge in [0, 0.05) is 6.04 Å². The van der Waals surface area contributed by atoms with Crippen molar-refractivity contribution in [2.75, 3.05) is 13.6 Å². The molecule has 26 heavy (non-hydrogen) atoms. The number of hydrogen-bond donors (Lipinski definition) is 1. The van der Waals surface area contributed by atoms with E-state index in [2.05, 4.69) is 30.6 Å². The molecule has 0 radical (unpaired) electrons. The van der Waals surface area contributed by atoms with Crippen LogP contribution in [-0.2, 0) is 4.79 Å². The van der Waals surface area contributed by atoms with E-state index >= 15 is 0 Å². The summed E-state index contributed by atoms with van der Waals surface area (Å²) in [4.78, 5) is 14.9. The Balaban J connectivity index is 2.97. The minimum atomic E-state index is -0.183. The zero-order valence-electron chi connectivity index (χ0n) is 16.7. The summed E-state index contributed by atoms with van der Waals surface area (Å²) in [5.74, 6) is 0.0374. The van der Waals surface area contributed by atoms with Crippen LogP contribution in [0, 0.1) is 0 Å². The summed E-state index contributed by atoms with van der Waals surface area (Å²) in [7, 11) is 2.04. The zero-order valence-corrected chi connectivity index (χ0v) is 16.7. The summed E-state index contributed by atoms with van der Waals surface area (Å²) in [5.41, 5.74) is 2.08. The molecule has 0 heterocycles. The number of allylic oxidation sites excluding steroid dienone is 3. The molecule has 3 nitrogen and oxygen atoms in total. The molecule has 0 aromatic heterocycles.